The number of ether oxygens (including phenoxy) is 2. The Bertz CT molecular complexity index is 402. The fourth-order valence-electron chi connectivity index (χ4n) is 1.90. The Kier molecular flexibility index (Phi) is 4.54. The molecule has 2 heterocycles. The summed E-state index contributed by atoms with van der Waals surface area (Å²) in [5.41, 5.74) is 0.374. The van der Waals surface area contributed by atoms with Gasteiger partial charge in [0, 0.05) is 23.9 Å². The van der Waals surface area contributed by atoms with Gasteiger partial charge >= 0.3 is 5.97 Å². The Morgan fingerprint density at radius 2 is 2.61 bits per heavy atom. The molecular weight excluding hydrogens is 252 g/mol. The van der Waals surface area contributed by atoms with Gasteiger partial charge in [-0.2, -0.15) is 0 Å². The van der Waals surface area contributed by atoms with Crippen molar-refractivity contribution in [3.63, 3.8) is 0 Å². The first-order chi connectivity index (χ1) is 8.70. The largest absolute Gasteiger partial charge is 0.461 e. The van der Waals surface area contributed by atoms with Crippen LogP contribution in [0, 0.1) is 5.92 Å². The zero-order valence-corrected chi connectivity index (χ0v) is 11.5. The molecule has 1 fully saturated rings. The van der Waals surface area contributed by atoms with Crippen LogP contribution in [0.1, 0.15) is 30.8 Å². The van der Waals surface area contributed by atoms with Crippen molar-refractivity contribution in [1.82, 2.24) is 4.98 Å². The maximum absolute atomic E-state index is 11.5. The number of carbonyl (C=O) groups excluding carboxylic acids is 1. The van der Waals surface area contributed by atoms with E-state index in [9.17, 15) is 4.79 Å². The molecule has 0 aromatic carbocycles. The normalized spacial score (nSPS) is 20.7. The van der Waals surface area contributed by atoms with Crippen molar-refractivity contribution in [2.24, 2.45) is 5.92 Å². The first-order valence-electron chi connectivity index (χ1n) is 6.17. The molecule has 100 valence electrons. The van der Waals surface area contributed by atoms with Crippen molar-refractivity contribution in [2.45, 2.75) is 26.3 Å². The standard InChI is InChI=1S/C12H18N2O3S/c1-3-17-11(15)10-7-18-12(14-10)13-8(2)9-4-5-16-6-9/h7-9H,3-6H2,1-2H3,(H,13,14). The summed E-state index contributed by atoms with van der Waals surface area (Å²) in [6, 6.07) is 0.300. The molecule has 1 aromatic heterocycles. The molecule has 1 aromatic rings. The van der Waals surface area contributed by atoms with Crippen molar-refractivity contribution >= 4 is 22.4 Å². The molecule has 5 nitrogen and oxygen atoms in total. The molecule has 2 rings (SSSR count). The lowest BCUT2D eigenvalue weighted by atomic mass is 10.0. The van der Waals surface area contributed by atoms with Crippen LogP contribution >= 0.6 is 11.3 Å². The molecule has 2 atom stereocenters. The van der Waals surface area contributed by atoms with E-state index >= 15 is 0 Å². The number of nitrogens with zero attached hydrogens (tertiary/aromatic N) is 1. The second kappa shape index (κ2) is 6.15. The zero-order chi connectivity index (χ0) is 13.0. The molecule has 1 aliphatic heterocycles. The van der Waals surface area contributed by atoms with Crippen LogP contribution in [0.5, 0.6) is 0 Å². The Morgan fingerprint density at radius 1 is 1.78 bits per heavy atom. The Hall–Kier alpha value is -1.14. The molecule has 1 N–H and O–H groups in total. The maximum atomic E-state index is 11.5. The zero-order valence-electron chi connectivity index (χ0n) is 10.6. The first kappa shape index (κ1) is 13.3. The minimum atomic E-state index is -0.362. The highest BCUT2D eigenvalue weighted by Crippen LogP contribution is 2.22. The highest BCUT2D eigenvalue weighted by atomic mass is 32.1. The Balaban J connectivity index is 1.91. The summed E-state index contributed by atoms with van der Waals surface area (Å²) in [5, 5.41) is 5.80. The summed E-state index contributed by atoms with van der Waals surface area (Å²) in [4.78, 5) is 15.7. The lowest BCUT2D eigenvalue weighted by molar-refractivity contribution is 0.0520. The molecule has 1 saturated heterocycles. The van der Waals surface area contributed by atoms with Gasteiger partial charge in [-0.25, -0.2) is 9.78 Å². The van der Waals surface area contributed by atoms with E-state index in [4.69, 9.17) is 9.47 Å². The van der Waals surface area contributed by atoms with Gasteiger partial charge in [0.05, 0.1) is 13.2 Å². The van der Waals surface area contributed by atoms with E-state index in [1.807, 2.05) is 0 Å². The second-order valence-electron chi connectivity index (χ2n) is 4.32. The molecule has 1 aliphatic rings. The predicted octanol–water partition coefficient (Wildman–Crippen LogP) is 2.16. The molecule has 0 radical (unpaired) electrons. The third-order valence-corrected chi connectivity index (χ3v) is 3.79. The number of aromatic nitrogens is 1. The van der Waals surface area contributed by atoms with Crippen molar-refractivity contribution in [3.05, 3.63) is 11.1 Å². The summed E-state index contributed by atoms with van der Waals surface area (Å²) in [5.74, 6) is 0.151. The van der Waals surface area contributed by atoms with Crippen LogP contribution in [0.25, 0.3) is 0 Å². The third kappa shape index (κ3) is 3.20. The molecule has 0 aliphatic carbocycles. The van der Waals surface area contributed by atoms with Gasteiger partial charge < -0.3 is 14.8 Å². The van der Waals surface area contributed by atoms with Crippen LogP contribution < -0.4 is 5.32 Å². The van der Waals surface area contributed by atoms with Crippen molar-refractivity contribution < 1.29 is 14.3 Å². The molecule has 0 saturated carbocycles. The fraction of sp³-hybridized carbons (Fsp3) is 0.667. The molecule has 6 heteroatoms. The van der Waals surface area contributed by atoms with Gasteiger partial charge in [0.25, 0.3) is 0 Å². The minimum Gasteiger partial charge on any atom is -0.461 e. The monoisotopic (exact) mass is 270 g/mol. The molecular formula is C12H18N2O3S. The molecule has 18 heavy (non-hydrogen) atoms. The van der Waals surface area contributed by atoms with E-state index in [1.165, 1.54) is 11.3 Å². The third-order valence-electron chi connectivity index (χ3n) is 3.01. The first-order valence-corrected chi connectivity index (χ1v) is 7.05. The van der Waals surface area contributed by atoms with E-state index in [2.05, 4.69) is 17.2 Å². The minimum absolute atomic E-state index is 0.300. The van der Waals surface area contributed by atoms with E-state index < -0.39 is 0 Å². The summed E-state index contributed by atoms with van der Waals surface area (Å²) < 4.78 is 10.3. The quantitative estimate of drug-likeness (QED) is 0.831. The summed E-state index contributed by atoms with van der Waals surface area (Å²) in [7, 11) is 0. The van der Waals surface area contributed by atoms with Gasteiger partial charge in [-0.15, -0.1) is 11.3 Å². The van der Waals surface area contributed by atoms with Crippen molar-refractivity contribution in [1.29, 1.82) is 0 Å². The SMILES string of the molecule is CCOC(=O)c1csc(NC(C)C2CCOC2)n1. The Labute approximate surface area is 111 Å². The lowest BCUT2D eigenvalue weighted by Crippen LogP contribution is -2.26. The van der Waals surface area contributed by atoms with Gasteiger partial charge in [0.15, 0.2) is 10.8 Å². The lowest BCUT2D eigenvalue weighted by Gasteiger charge is -2.18. The van der Waals surface area contributed by atoms with Crippen molar-refractivity contribution in [3.8, 4) is 0 Å². The van der Waals surface area contributed by atoms with Crippen LogP contribution in [0.15, 0.2) is 5.38 Å². The van der Waals surface area contributed by atoms with Gasteiger partial charge in [-0.05, 0) is 20.3 Å². The van der Waals surface area contributed by atoms with Gasteiger partial charge in [-0.3, -0.25) is 0 Å². The predicted molar refractivity (Wildman–Crippen MR) is 70.1 cm³/mol. The molecule has 2 unspecified atom stereocenters. The van der Waals surface area contributed by atoms with E-state index in [1.54, 1.807) is 12.3 Å². The number of hydrogen-bond donors (Lipinski definition) is 1. The van der Waals surface area contributed by atoms with Crippen LogP contribution in [0.2, 0.25) is 0 Å². The van der Waals surface area contributed by atoms with E-state index in [0.717, 1.165) is 24.8 Å². The number of carbonyl (C=O) groups is 1. The molecule has 0 spiro atoms. The number of nitrogens with one attached hydrogen (secondary N) is 1. The number of thiazole rings is 1. The van der Waals surface area contributed by atoms with Gasteiger partial charge in [0.2, 0.25) is 0 Å². The number of hydrogen-bond acceptors (Lipinski definition) is 6. The molecule has 0 amide bonds. The van der Waals surface area contributed by atoms with Crippen LogP contribution in [0.4, 0.5) is 5.13 Å². The van der Waals surface area contributed by atoms with Crippen molar-refractivity contribution in [2.75, 3.05) is 25.1 Å². The topological polar surface area (TPSA) is 60.5 Å². The van der Waals surface area contributed by atoms with Crippen LogP contribution in [0.3, 0.4) is 0 Å². The number of anilines is 1. The second-order valence-corrected chi connectivity index (χ2v) is 5.17. The number of esters is 1. The van der Waals surface area contributed by atoms with Gasteiger partial charge in [0.1, 0.15) is 0 Å². The van der Waals surface area contributed by atoms with Crippen LogP contribution in [-0.4, -0.2) is 36.8 Å². The maximum Gasteiger partial charge on any atom is 0.357 e. The number of rotatable bonds is 5. The summed E-state index contributed by atoms with van der Waals surface area (Å²) in [6.07, 6.45) is 1.07. The smallest absolute Gasteiger partial charge is 0.357 e. The van der Waals surface area contributed by atoms with Gasteiger partial charge in [-0.1, -0.05) is 0 Å². The summed E-state index contributed by atoms with van der Waals surface area (Å²) in [6.45, 7) is 5.90. The highest BCUT2D eigenvalue weighted by molar-refractivity contribution is 7.13. The van der Waals surface area contributed by atoms with E-state index in [-0.39, 0.29) is 5.97 Å². The average molecular weight is 270 g/mol. The molecule has 0 bridgehead atoms. The highest BCUT2D eigenvalue weighted by Gasteiger charge is 2.23. The van der Waals surface area contributed by atoms with E-state index in [0.29, 0.717) is 24.3 Å². The van der Waals surface area contributed by atoms with Crippen LogP contribution in [-0.2, 0) is 9.47 Å². The fourth-order valence-corrected chi connectivity index (χ4v) is 2.68. The average Bonchev–Trinajstić information content (AvgIpc) is 2.99. The Morgan fingerprint density at radius 3 is 3.28 bits per heavy atom. The summed E-state index contributed by atoms with van der Waals surface area (Å²) >= 11 is 1.43.